The summed E-state index contributed by atoms with van der Waals surface area (Å²) in [5.41, 5.74) is 1.51. The van der Waals surface area contributed by atoms with Crippen LogP contribution in [0.3, 0.4) is 0 Å². The van der Waals surface area contributed by atoms with E-state index in [0.717, 1.165) is 16.3 Å². The van der Waals surface area contributed by atoms with Crippen LogP contribution in [-0.4, -0.2) is 0 Å². The second-order valence-electron chi connectivity index (χ2n) is 4.43. The lowest BCUT2D eigenvalue weighted by Crippen LogP contribution is -1.82. The molecule has 0 radical (unpaired) electrons. The topological polar surface area (TPSA) is 0 Å². The van der Waals surface area contributed by atoms with Crippen molar-refractivity contribution in [3.8, 4) is 0 Å². The van der Waals surface area contributed by atoms with Crippen LogP contribution >= 0.6 is 0 Å². The van der Waals surface area contributed by atoms with Gasteiger partial charge in [0.25, 0.3) is 0 Å². The summed E-state index contributed by atoms with van der Waals surface area (Å²) in [6, 6.07) is 23.1. The van der Waals surface area contributed by atoms with Crippen molar-refractivity contribution in [1.82, 2.24) is 0 Å². The summed E-state index contributed by atoms with van der Waals surface area (Å²) < 4.78 is 14.4. The van der Waals surface area contributed by atoms with E-state index in [0.29, 0.717) is 5.56 Å². The van der Waals surface area contributed by atoms with Gasteiger partial charge in [-0.2, -0.15) is 0 Å². The van der Waals surface area contributed by atoms with Gasteiger partial charge < -0.3 is 0 Å². The Labute approximate surface area is 111 Å². The first kappa shape index (κ1) is 11.7. The fourth-order valence-corrected chi connectivity index (χ4v) is 2.21. The number of benzene rings is 3. The van der Waals surface area contributed by atoms with Crippen molar-refractivity contribution in [2.75, 3.05) is 0 Å². The zero-order valence-electron chi connectivity index (χ0n) is 10.4. The summed E-state index contributed by atoms with van der Waals surface area (Å²) in [6.07, 6.45) is 1.57. The summed E-state index contributed by atoms with van der Waals surface area (Å²) in [5, 5.41) is 1.99. The van der Waals surface area contributed by atoms with E-state index < -0.39 is 0 Å². The van der Waals surface area contributed by atoms with E-state index in [2.05, 4.69) is 0 Å². The van der Waals surface area contributed by atoms with E-state index in [1.54, 1.807) is 6.08 Å². The average molecular weight is 248 g/mol. The van der Waals surface area contributed by atoms with Crippen molar-refractivity contribution in [1.29, 1.82) is 0 Å². The molecule has 0 fully saturated rings. The van der Waals surface area contributed by atoms with Crippen LogP contribution in [0.4, 0.5) is 4.39 Å². The van der Waals surface area contributed by atoms with Crippen molar-refractivity contribution in [3.05, 3.63) is 83.9 Å². The summed E-state index contributed by atoms with van der Waals surface area (Å²) in [7, 11) is 0. The predicted octanol–water partition coefficient (Wildman–Crippen LogP) is 5.31. The molecule has 3 aromatic rings. The van der Waals surface area contributed by atoms with Gasteiger partial charge in [-0.3, -0.25) is 0 Å². The largest absolute Gasteiger partial charge is 0.206 e. The molecule has 0 aliphatic heterocycles. The molecule has 0 heterocycles. The van der Waals surface area contributed by atoms with Gasteiger partial charge in [0, 0.05) is 5.56 Å². The minimum absolute atomic E-state index is 0.206. The zero-order valence-corrected chi connectivity index (χ0v) is 10.4. The second kappa shape index (κ2) is 5.07. The molecule has 19 heavy (non-hydrogen) atoms. The maximum atomic E-state index is 14.4. The molecular weight excluding hydrogens is 235 g/mol. The lowest BCUT2D eigenvalue weighted by molar-refractivity contribution is 0.767. The van der Waals surface area contributed by atoms with E-state index in [1.807, 2.05) is 72.8 Å². The normalized spacial score (nSPS) is 11.7. The molecule has 0 atom stereocenters. The number of fused-ring (bicyclic) bond motifs is 1. The highest BCUT2D eigenvalue weighted by atomic mass is 19.1. The quantitative estimate of drug-likeness (QED) is 0.539. The molecule has 3 rings (SSSR count). The molecule has 3 aromatic carbocycles. The molecule has 0 N–H and O–H groups in total. The van der Waals surface area contributed by atoms with Crippen LogP contribution in [0.1, 0.15) is 11.1 Å². The molecule has 1 heteroatoms. The lowest BCUT2D eigenvalue weighted by Gasteiger charge is -2.04. The predicted molar refractivity (Wildman–Crippen MR) is 79.4 cm³/mol. The molecule has 0 aliphatic rings. The Hall–Kier alpha value is -2.41. The van der Waals surface area contributed by atoms with Gasteiger partial charge in [0.1, 0.15) is 5.83 Å². The van der Waals surface area contributed by atoms with Crippen LogP contribution in [0, 0.1) is 0 Å². The van der Waals surface area contributed by atoms with Crippen molar-refractivity contribution in [2.24, 2.45) is 0 Å². The third-order valence-electron chi connectivity index (χ3n) is 3.14. The van der Waals surface area contributed by atoms with E-state index in [9.17, 15) is 4.39 Å². The molecule has 92 valence electrons. The van der Waals surface area contributed by atoms with Gasteiger partial charge in [-0.1, -0.05) is 72.8 Å². The van der Waals surface area contributed by atoms with Gasteiger partial charge in [0.2, 0.25) is 0 Å². The van der Waals surface area contributed by atoms with E-state index in [4.69, 9.17) is 0 Å². The first-order valence-corrected chi connectivity index (χ1v) is 6.25. The Morgan fingerprint density at radius 1 is 0.737 bits per heavy atom. The minimum atomic E-state index is -0.206. The SMILES string of the molecule is F/C(=C/c1ccccc1)c1cccc2ccccc12. The molecule has 0 saturated heterocycles. The zero-order chi connectivity index (χ0) is 13.1. The van der Waals surface area contributed by atoms with Crippen LogP contribution in [-0.2, 0) is 0 Å². The van der Waals surface area contributed by atoms with Gasteiger partial charge in [-0.25, -0.2) is 4.39 Å². The van der Waals surface area contributed by atoms with E-state index in [-0.39, 0.29) is 5.83 Å². The monoisotopic (exact) mass is 248 g/mol. The highest BCUT2D eigenvalue weighted by molar-refractivity contribution is 5.95. The Kier molecular flexibility index (Phi) is 3.11. The van der Waals surface area contributed by atoms with Crippen LogP contribution in [0.5, 0.6) is 0 Å². The first-order valence-electron chi connectivity index (χ1n) is 6.25. The lowest BCUT2D eigenvalue weighted by atomic mass is 10.0. The molecule has 0 saturated carbocycles. The van der Waals surface area contributed by atoms with Gasteiger partial charge in [-0.05, 0) is 22.4 Å². The molecule has 0 amide bonds. The standard InChI is InChI=1S/C18H13F/c19-18(13-14-7-2-1-3-8-14)17-12-6-10-15-9-4-5-11-16(15)17/h1-13H/b18-13+. The van der Waals surface area contributed by atoms with E-state index in [1.165, 1.54) is 0 Å². The maximum Gasteiger partial charge on any atom is 0.131 e. The van der Waals surface area contributed by atoms with Crippen molar-refractivity contribution < 1.29 is 4.39 Å². The molecule has 0 nitrogen and oxygen atoms in total. The highest BCUT2D eigenvalue weighted by Gasteiger charge is 2.05. The Bertz CT molecular complexity index is 722. The Morgan fingerprint density at radius 2 is 1.42 bits per heavy atom. The summed E-state index contributed by atoms with van der Waals surface area (Å²) in [5.74, 6) is -0.206. The van der Waals surface area contributed by atoms with Crippen LogP contribution < -0.4 is 0 Å². The van der Waals surface area contributed by atoms with Gasteiger partial charge in [-0.15, -0.1) is 0 Å². The summed E-state index contributed by atoms with van der Waals surface area (Å²) in [4.78, 5) is 0. The summed E-state index contributed by atoms with van der Waals surface area (Å²) in [6.45, 7) is 0. The molecule has 0 aliphatic carbocycles. The third kappa shape index (κ3) is 2.41. The van der Waals surface area contributed by atoms with Crippen molar-refractivity contribution in [2.45, 2.75) is 0 Å². The Morgan fingerprint density at radius 3 is 2.26 bits per heavy atom. The Balaban J connectivity index is 2.12. The number of halogens is 1. The fraction of sp³-hybridized carbons (Fsp3) is 0. The maximum absolute atomic E-state index is 14.4. The molecule has 0 bridgehead atoms. The summed E-state index contributed by atoms with van der Waals surface area (Å²) >= 11 is 0. The number of rotatable bonds is 2. The fourth-order valence-electron chi connectivity index (χ4n) is 2.21. The van der Waals surface area contributed by atoms with Crippen LogP contribution in [0.2, 0.25) is 0 Å². The first-order chi connectivity index (χ1) is 9.34. The second-order valence-corrected chi connectivity index (χ2v) is 4.43. The van der Waals surface area contributed by atoms with Gasteiger partial charge in [0.05, 0.1) is 0 Å². The minimum Gasteiger partial charge on any atom is -0.206 e. The van der Waals surface area contributed by atoms with Crippen molar-refractivity contribution in [3.63, 3.8) is 0 Å². The number of hydrogen-bond acceptors (Lipinski definition) is 0. The molecule has 0 aromatic heterocycles. The molecular formula is C18H13F. The highest BCUT2D eigenvalue weighted by Crippen LogP contribution is 2.27. The average Bonchev–Trinajstić information content (AvgIpc) is 2.47. The molecule has 0 unspecified atom stereocenters. The van der Waals surface area contributed by atoms with E-state index >= 15 is 0 Å². The third-order valence-corrected chi connectivity index (χ3v) is 3.14. The smallest absolute Gasteiger partial charge is 0.131 e. The van der Waals surface area contributed by atoms with Gasteiger partial charge >= 0.3 is 0 Å². The van der Waals surface area contributed by atoms with Gasteiger partial charge in [0.15, 0.2) is 0 Å². The van der Waals surface area contributed by atoms with Crippen LogP contribution in [0.25, 0.3) is 22.7 Å². The number of hydrogen-bond donors (Lipinski definition) is 0. The van der Waals surface area contributed by atoms with Crippen molar-refractivity contribution >= 4 is 22.7 Å². The molecule has 0 spiro atoms. The van der Waals surface area contributed by atoms with Crippen LogP contribution in [0.15, 0.2) is 72.8 Å².